The van der Waals surface area contributed by atoms with Gasteiger partial charge in [0.2, 0.25) is 11.8 Å². The lowest BCUT2D eigenvalue weighted by molar-refractivity contribution is -0.129. The second-order valence-electron chi connectivity index (χ2n) is 11.3. The number of fused-ring (bicyclic) bond motifs is 3. The molecule has 0 radical (unpaired) electrons. The first-order valence-corrected chi connectivity index (χ1v) is 15.4. The van der Waals surface area contributed by atoms with Gasteiger partial charge in [0.1, 0.15) is 17.1 Å². The SMILES string of the molecule is C=C(Cl)/C=C\C=C(/F)[C@H]1[C@@H]2C(=O)N(c3ccc(C(=O)O)cc3)C[C@@H]2N(Cc2cccc(OCC)c2)[C@@]12C(=O)Nc1cc(Cl)ccc12. The van der Waals surface area contributed by atoms with E-state index in [9.17, 15) is 19.5 Å². The Morgan fingerprint density at radius 1 is 1.17 bits per heavy atom. The van der Waals surface area contributed by atoms with Crippen LogP contribution in [0.5, 0.6) is 5.75 Å². The molecule has 0 aromatic heterocycles. The van der Waals surface area contributed by atoms with Gasteiger partial charge in [-0.3, -0.25) is 14.5 Å². The average Bonchev–Trinajstić information content (AvgIpc) is 3.60. The van der Waals surface area contributed by atoms with E-state index in [0.717, 1.165) is 5.56 Å². The third-order valence-corrected chi connectivity index (χ3v) is 9.16. The number of ether oxygens (including phenoxy) is 1. The molecule has 1 spiro atoms. The second kappa shape index (κ2) is 12.4. The first-order chi connectivity index (χ1) is 22.1. The molecule has 6 rings (SSSR count). The number of benzene rings is 3. The molecule has 3 aromatic rings. The number of likely N-dealkylation sites (tertiary alicyclic amines) is 1. The molecule has 0 unspecified atom stereocenters. The molecule has 3 aliphatic rings. The summed E-state index contributed by atoms with van der Waals surface area (Å²) in [5, 5.41) is 12.9. The standard InChI is InChI=1S/C35H30Cl2FN3O5/c1-3-46-25-8-5-7-21(16-25)18-41-29-19-40(24-13-10-22(11-14-24)33(43)44)32(42)30(29)31(27(38)9-4-6-20(2)36)35(41)26-15-12-23(37)17-28(26)39-34(35)45/h4-17,29-31H,2-3,18-19H2,1H3,(H,39,45)(H,43,44)/b6-4-,27-9-/t29-,30+,31-,35+/m0/s1. The Morgan fingerprint density at radius 2 is 1.93 bits per heavy atom. The van der Waals surface area contributed by atoms with Gasteiger partial charge in [-0.15, -0.1) is 0 Å². The molecule has 2 amide bonds. The number of aromatic carboxylic acids is 1. The van der Waals surface area contributed by atoms with Crippen LogP contribution in [-0.2, 0) is 21.7 Å². The number of nitrogens with one attached hydrogen (secondary N) is 1. The highest BCUT2D eigenvalue weighted by molar-refractivity contribution is 6.31. The number of carboxylic acids is 1. The minimum Gasteiger partial charge on any atom is -0.494 e. The highest BCUT2D eigenvalue weighted by Crippen LogP contribution is 2.60. The van der Waals surface area contributed by atoms with Crippen molar-refractivity contribution < 1.29 is 28.6 Å². The summed E-state index contributed by atoms with van der Waals surface area (Å²) < 4.78 is 22.5. The van der Waals surface area contributed by atoms with Crippen LogP contribution in [0.2, 0.25) is 5.02 Å². The van der Waals surface area contributed by atoms with Crippen LogP contribution in [0.1, 0.15) is 28.4 Å². The number of amides is 2. The molecule has 2 N–H and O–H groups in total. The van der Waals surface area contributed by atoms with Gasteiger partial charge in [0, 0.05) is 46.1 Å². The van der Waals surface area contributed by atoms with Gasteiger partial charge in [-0.25, -0.2) is 9.18 Å². The van der Waals surface area contributed by atoms with E-state index in [0.29, 0.717) is 34.3 Å². The summed E-state index contributed by atoms with van der Waals surface area (Å²) in [7, 11) is 0. The number of halogens is 3. The molecular formula is C35H30Cl2FN3O5. The van der Waals surface area contributed by atoms with Gasteiger partial charge in [-0.1, -0.05) is 54.1 Å². The summed E-state index contributed by atoms with van der Waals surface area (Å²) in [5.41, 5.74) is 0.699. The molecule has 0 aliphatic carbocycles. The minimum atomic E-state index is -1.61. The van der Waals surface area contributed by atoms with Crippen molar-refractivity contribution in [3.05, 3.63) is 124 Å². The molecule has 46 heavy (non-hydrogen) atoms. The topological polar surface area (TPSA) is 99.2 Å². The molecule has 2 saturated heterocycles. The van der Waals surface area contributed by atoms with E-state index in [2.05, 4.69) is 11.9 Å². The maximum Gasteiger partial charge on any atom is 0.335 e. The Bertz CT molecular complexity index is 1810. The zero-order chi connectivity index (χ0) is 32.7. The first-order valence-electron chi connectivity index (χ1n) is 14.7. The van der Waals surface area contributed by atoms with Crippen LogP contribution >= 0.6 is 23.2 Å². The number of nitrogens with zero attached hydrogens (tertiary/aromatic N) is 2. The quantitative estimate of drug-likeness (QED) is 0.242. The van der Waals surface area contributed by atoms with Crippen molar-refractivity contribution in [2.75, 3.05) is 23.4 Å². The first kappa shape index (κ1) is 31.5. The summed E-state index contributed by atoms with van der Waals surface area (Å²) in [6.07, 6.45) is 4.04. The zero-order valence-corrected chi connectivity index (χ0v) is 26.3. The fourth-order valence-corrected chi connectivity index (χ4v) is 7.30. The third-order valence-electron chi connectivity index (χ3n) is 8.80. The number of hydrogen-bond donors (Lipinski definition) is 2. The summed E-state index contributed by atoms with van der Waals surface area (Å²) in [4.78, 5) is 43.7. The fourth-order valence-electron chi connectivity index (χ4n) is 7.05. The van der Waals surface area contributed by atoms with Gasteiger partial charge in [-0.2, -0.15) is 0 Å². The smallest absolute Gasteiger partial charge is 0.335 e. The number of carbonyl (C=O) groups excluding carboxylic acids is 2. The van der Waals surface area contributed by atoms with E-state index >= 15 is 4.39 Å². The van der Waals surface area contributed by atoms with Crippen LogP contribution in [0.4, 0.5) is 15.8 Å². The van der Waals surface area contributed by atoms with E-state index in [1.165, 1.54) is 35.3 Å². The van der Waals surface area contributed by atoms with Crippen molar-refractivity contribution >= 4 is 52.4 Å². The Morgan fingerprint density at radius 3 is 2.63 bits per heavy atom. The average molecular weight is 663 g/mol. The highest BCUT2D eigenvalue weighted by atomic mass is 35.5. The van der Waals surface area contributed by atoms with E-state index in [-0.39, 0.29) is 29.6 Å². The molecule has 3 aliphatic heterocycles. The zero-order valence-electron chi connectivity index (χ0n) is 24.8. The molecule has 3 aromatic carbocycles. The molecule has 2 fully saturated rings. The van der Waals surface area contributed by atoms with Gasteiger partial charge in [0.05, 0.1) is 24.0 Å². The van der Waals surface area contributed by atoms with E-state index < -0.39 is 41.1 Å². The summed E-state index contributed by atoms with van der Waals surface area (Å²) in [5.74, 6) is -4.19. The van der Waals surface area contributed by atoms with Crippen LogP contribution in [-0.4, -0.2) is 47.0 Å². The number of carbonyl (C=O) groups is 3. The van der Waals surface area contributed by atoms with Crippen LogP contribution in [0, 0.1) is 11.8 Å². The van der Waals surface area contributed by atoms with E-state index in [4.69, 9.17) is 27.9 Å². The summed E-state index contributed by atoms with van der Waals surface area (Å²) >= 11 is 12.2. The van der Waals surface area contributed by atoms with Crippen molar-refractivity contribution in [2.45, 2.75) is 25.0 Å². The molecular weight excluding hydrogens is 632 g/mol. The molecule has 11 heteroatoms. The Balaban J connectivity index is 1.54. The number of allylic oxidation sites excluding steroid dienone is 4. The van der Waals surface area contributed by atoms with Crippen LogP contribution in [0.15, 0.2) is 102 Å². The molecule has 0 saturated carbocycles. The van der Waals surface area contributed by atoms with Crippen molar-refractivity contribution in [3.63, 3.8) is 0 Å². The summed E-state index contributed by atoms with van der Waals surface area (Å²) in [6.45, 7) is 6.28. The predicted molar refractivity (Wildman–Crippen MR) is 175 cm³/mol. The van der Waals surface area contributed by atoms with Gasteiger partial charge >= 0.3 is 5.97 Å². The molecule has 3 heterocycles. The third kappa shape index (κ3) is 5.28. The molecule has 0 bridgehead atoms. The lowest BCUT2D eigenvalue weighted by Gasteiger charge is -2.40. The van der Waals surface area contributed by atoms with Crippen molar-refractivity contribution in [3.8, 4) is 5.75 Å². The van der Waals surface area contributed by atoms with Gasteiger partial charge in [0.15, 0.2) is 0 Å². The van der Waals surface area contributed by atoms with E-state index in [1.807, 2.05) is 36.1 Å². The maximum absolute atomic E-state index is 16.8. The molecule has 236 valence electrons. The number of hydrogen-bond acceptors (Lipinski definition) is 5. The van der Waals surface area contributed by atoms with Crippen molar-refractivity contribution in [1.29, 1.82) is 0 Å². The molecule has 8 nitrogen and oxygen atoms in total. The minimum absolute atomic E-state index is 0.0720. The lowest BCUT2D eigenvalue weighted by Crippen LogP contribution is -2.54. The second-order valence-corrected chi connectivity index (χ2v) is 12.3. The predicted octanol–water partition coefficient (Wildman–Crippen LogP) is 6.91. The monoisotopic (exact) mass is 661 g/mol. The Kier molecular flexibility index (Phi) is 8.50. The van der Waals surface area contributed by atoms with E-state index in [1.54, 1.807) is 30.3 Å². The lowest BCUT2D eigenvalue weighted by atomic mass is 9.74. The number of carboxylic acid groups (broad SMARTS) is 1. The fraction of sp³-hybridized carbons (Fsp3) is 0.229. The Labute approximate surface area is 275 Å². The van der Waals surface area contributed by atoms with Crippen LogP contribution in [0.25, 0.3) is 0 Å². The highest BCUT2D eigenvalue weighted by Gasteiger charge is 2.71. The largest absolute Gasteiger partial charge is 0.494 e. The normalized spacial score (nSPS) is 24.0. The molecule has 4 atom stereocenters. The van der Waals surface area contributed by atoms with Crippen molar-refractivity contribution in [1.82, 2.24) is 4.90 Å². The van der Waals surface area contributed by atoms with Crippen molar-refractivity contribution in [2.24, 2.45) is 11.8 Å². The number of anilines is 2. The van der Waals surface area contributed by atoms with Crippen LogP contribution in [0.3, 0.4) is 0 Å². The van der Waals surface area contributed by atoms with Gasteiger partial charge < -0.3 is 20.1 Å². The van der Waals surface area contributed by atoms with Gasteiger partial charge in [0.25, 0.3) is 0 Å². The van der Waals surface area contributed by atoms with Crippen LogP contribution < -0.4 is 15.0 Å². The Hall–Kier alpha value is -4.44. The number of rotatable bonds is 9. The maximum atomic E-state index is 16.8. The van der Waals surface area contributed by atoms with Gasteiger partial charge in [-0.05, 0) is 73.2 Å². The summed E-state index contributed by atoms with van der Waals surface area (Å²) in [6, 6.07) is 17.8.